The number of guanidine groups is 1. The minimum absolute atomic E-state index is 0.253. The zero-order chi connectivity index (χ0) is 20.0. The van der Waals surface area contributed by atoms with Gasteiger partial charge in [0.2, 0.25) is 5.96 Å². The Labute approximate surface area is 171 Å². The molecule has 3 aromatic rings. The van der Waals surface area contributed by atoms with Gasteiger partial charge in [-0.2, -0.15) is 5.10 Å². The van der Waals surface area contributed by atoms with Gasteiger partial charge >= 0.3 is 0 Å². The van der Waals surface area contributed by atoms with Crippen LogP contribution in [0.15, 0.2) is 65.7 Å². The molecule has 0 aliphatic carbocycles. The molecule has 0 fully saturated rings. The maximum atomic E-state index is 5.08. The van der Waals surface area contributed by atoms with Crippen molar-refractivity contribution in [2.75, 3.05) is 17.3 Å². The first kappa shape index (κ1) is 17.8. The molecule has 3 heterocycles. The van der Waals surface area contributed by atoms with Gasteiger partial charge in [-0.25, -0.2) is 9.67 Å². The number of anilines is 3. The zero-order valence-corrected chi connectivity index (χ0v) is 17.1. The fraction of sp³-hybridized carbons (Fsp3) is 0.304. The minimum atomic E-state index is 0.253. The van der Waals surface area contributed by atoms with Crippen LogP contribution in [0.3, 0.4) is 0 Å². The van der Waals surface area contributed by atoms with Gasteiger partial charge in [-0.3, -0.25) is 4.90 Å². The van der Waals surface area contributed by atoms with E-state index in [2.05, 4.69) is 77.1 Å². The van der Waals surface area contributed by atoms with Gasteiger partial charge in [0.05, 0.1) is 30.7 Å². The summed E-state index contributed by atoms with van der Waals surface area (Å²) in [5, 5.41) is 8.71. The quantitative estimate of drug-likeness (QED) is 0.734. The fourth-order valence-corrected chi connectivity index (χ4v) is 4.12. The summed E-state index contributed by atoms with van der Waals surface area (Å²) >= 11 is 0. The van der Waals surface area contributed by atoms with E-state index in [1.54, 1.807) is 0 Å². The van der Waals surface area contributed by atoms with Crippen LogP contribution < -0.4 is 10.2 Å². The summed E-state index contributed by atoms with van der Waals surface area (Å²) in [6.45, 7) is 5.91. The van der Waals surface area contributed by atoms with Crippen molar-refractivity contribution in [3.63, 3.8) is 0 Å². The van der Waals surface area contributed by atoms with Gasteiger partial charge in [-0.05, 0) is 31.5 Å². The van der Waals surface area contributed by atoms with Gasteiger partial charge in [0, 0.05) is 12.7 Å². The van der Waals surface area contributed by atoms with E-state index in [0.29, 0.717) is 0 Å². The van der Waals surface area contributed by atoms with Crippen LogP contribution in [-0.4, -0.2) is 39.8 Å². The average Bonchev–Trinajstić information content (AvgIpc) is 3.22. The van der Waals surface area contributed by atoms with Crippen molar-refractivity contribution in [1.82, 2.24) is 14.7 Å². The van der Waals surface area contributed by atoms with E-state index in [4.69, 9.17) is 10.1 Å². The van der Waals surface area contributed by atoms with E-state index in [1.165, 1.54) is 11.1 Å². The third kappa shape index (κ3) is 3.05. The first-order valence-electron chi connectivity index (χ1n) is 10.2. The standard InChI is InChI=1S/C23H26N6/c1-16-17(2)29-22-20(15-27(3)23(29)24-16)21(25-19-12-8-5-9-13-19)28(26-22)14-18-10-6-4-7-11-18/h4-13,16-17,25H,14-15H2,1-3H3/t16-,17+/m1/s1. The highest BCUT2D eigenvalue weighted by Crippen LogP contribution is 2.38. The summed E-state index contributed by atoms with van der Waals surface area (Å²) in [7, 11) is 2.11. The Kier molecular flexibility index (Phi) is 4.27. The number of aromatic nitrogens is 2. The van der Waals surface area contributed by atoms with Gasteiger partial charge < -0.3 is 10.2 Å². The predicted octanol–water partition coefficient (Wildman–Crippen LogP) is 4.07. The normalized spacial score (nSPS) is 20.3. The van der Waals surface area contributed by atoms with E-state index >= 15 is 0 Å². The molecule has 6 heteroatoms. The SMILES string of the molecule is C[C@H]1N=C2N(C)Cc3c(nn(Cc4ccccc4)c3Nc3ccccc3)N2[C@H]1C. The second-order valence-corrected chi connectivity index (χ2v) is 7.92. The van der Waals surface area contributed by atoms with Crippen molar-refractivity contribution in [3.05, 3.63) is 71.8 Å². The summed E-state index contributed by atoms with van der Waals surface area (Å²) in [6, 6.07) is 21.3. The lowest BCUT2D eigenvalue weighted by molar-refractivity contribution is 0.478. The molecular formula is C23H26N6. The van der Waals surface area contributed by atoms with Crippen molar-refractivity contribution in [2.24, 2.45) is 4.99 Å². The highest BCUT2D eigenvalue weighted by atomic mass is 15.5. The van der Waals surface area contributed by atoms with Gasteiger partial charge in [-0.15, -0.1) is 0 Å². The maximum absolute atomic E-state index is 5.08. The lowest BCUT2D eigenvalue weighted by Crippen LogP contribution is -2.47. The second-order valence-electron chi connectivity index (χ2n) is 7.92. The van der Waals surface area contributed by atoms with Crippen LogP contribution in [0, 0.1) is 0 Å². The molecule has 1 N–H and O–H groups in total. The summed E-state index contributed by atoms with van der Waals surface area (Å²) in [6.07, 6.45) is 0. The van der Waals surface area contributed by atoms with Gasteiger partial charge in [0.15, 0.2) is 5.82 Å². The Bertz CT molecular complexity index is 1040. The molecule has 0 unspecified atom stereocenters. The Morgan fingerprint density at radius 2 is 1.69 bits per heavy atom. The molecule has 2 aromatic carbocycles. The monoisotopic (exact) mass is 386 g/mol. The Hall–Kier alpha value is -3.28. The molecule has 2 aliphatic heterocycles. The van der Waals surface area contributed by atoms with E-state index in [-0.39, 0.29) is 12.1 Å². The molecule has 0 saturated heterocycles. The van der Waals surface area contributed by atoms with Crippen LogP contribution in [0.25, 0.3) is 0 Å². The number of nitrogens with one attached hydrogen (secondary N) is 1. The number of hydrogen-bond acceptors (Lipinski definition) is 5. The van der Waals surface area contributed by atoms with E-state index in [1.807, 2.05) is 24.3 Å². The fourth-order valence-electron chi connectivity index (χ4n) is 4.12. The molecule has 6 nitrogen and oxygen atoms in total. The smallest absolute Gasteiger partial charge is 0.203 e. The van der Waals surface area contributed by atoms with Crippen molar-refractivity contribution in [2.45, 2.75) is 39.0 Å². The number of fused-ring (bicyclic) bond motifs is 3. The van der Waals surface area contributed by atoms with Gasteiger partial charge in [0.1, 0.15) is 5.82 Å². The summed E-state index contributed by atoms with van der Waals surface area (Å²) < 4.78 is 2.10. The molecule has 0 saturated carbocycles. The lowest BCUT2D eigenvalue weighted by atomic mass is 10.1. The highest BCUT2D eigenvalue weighted by Gasteiger charge is 2.41. The number of nitrogens with zero attached hydrogens (tertiary/aromatic N) is 5. The molecule has 5 rings (SSSR count). The molecule has 2 aliphatic rings. The van der Waals surface area contributed by atoms with Crippen LogP contribution in [0.1, 0.15) is 25.0 Å². The molecule has 1 aromatic heterocycles. The Morgan fingerprint density at radius 3 is 2.41 bits per heavy atom. The van der Waals surface area contributed by atoms with Crippen molar-refractivity contribution in [3.8, 4) is 0 Å². The molecule has 148 valence electrons. The number of para-hydroxylation sites is 1. The van der Waals surface area contributed by atoms with Crippen LogP contribution in [0.5, 0.6) is 0 Å². The minimum Gasteiger partial charge on any atom is -0.341 e. The second kappa shape index (κ2) is 6.95. The van der Waals surface area contributed by atoms with Crippen LogP contribution in [0.4, 0.5) is 17.3 Å². The number of aliphatic imine (C=N–C) groups is 1. The predicted molar refractivity (Wildman–Crippen MR) is 118 cm³/mol. The zero-order valence-electron chi connectivity index (χ0n) is 17.1. The van der Waals surface area contributed by atoms with Gasteiger partial charge in [-0.1, -0.05) is 48.5 Å². The van der Waals surface area contributed by atoms with E-state index in [0.717, 1.165) is 36.4 Å². The van der Waals surface area contributed by atoms with Gasteiger partial charge in [0.25, 0.3) is 0 Å². The maximum Gasteiger partial charge on any atom is 0.203 e. The summed E-state index contributed by atoms with van der Waals surface area (Å²) in [5.41, 5.74) is 3.51. The molecule has 0 spiro atoms. The van der Waals surface area contributed by atoms with Crippen LogP contribution in [-0.2, 0) is 13.1 Å². The van der Waals surface area contributed by atoms with Crippen molar-refractivity contribution in [1.29, 1.82) is 0 Å². The van der Waals surface area contributed by atoms with Crippen LogP contribution >= 0.6 is 0 Å². The van der Waals surface area contributed by atoms with Crippen LogP contribution in [0.2, 0.25) is 0 Å². The van der Waals surface area contributed by atoms with E-state index < -0.39 is 0 Å². The highest BCUT2D eigenvalue weighted by molar-refractivity contribution is 6.01. The Balaban J connectivity index is 1.61. The molecule has 29 heavy (non-hydrogen) atoms. The molecule has 2 atom stereocenters. The van der Waals surface area contributed by atoms with Crippen molar-refractivity contribution >= 4 is 23.3 Å². The third-order valence-electron chi connectivity index (χ3n) is 5.85. The van der Waals surface area contributed by atoms with Crippen molar-refractivity contribution < 1.29 is 0 Å². The number of benzene rings is 2. The lowest BCUT2D eigenvalue weighted by Gasteiger charge is -2.35. The average molecular weight is 387 g/mol. The summed E-state index contributed by atoms with van der Waals surface area (Å²) in [4.78, 5) is 9.40. The molecule has 0 amide bonds. The molecule has 0 radical (unpaired) electrons. The Morgan fingerprint density at radius 1 is 1.00 bits per heavy atom. The molecular weight excluding hydrogens is 360 g/mol. The first-order valence-corrected chi connectivity index (χ1v) is 10.2. The number of hydrogen-bond donors (Lipinski definition) is 1. The largest absolute Gasteiger partial charge is 0.341 e. The third-order valence-corrected chi connectivity index (χ3v) is 5.85. The first-order chi connectivity index (χ1) is 14.1. The molecule has 0 bridgehead atoms. The summed E-state index contributed by atoms with van der Waals surface area (Å²) in [5.74, 6) is 3.09. The van der Waals surface area contributed by atoms with E-state index in [9.17, 15) is 0 Å². The number of rotatable bonds is 4. The topological polar surface area (TPSA) is 48.7 Å².